The highest BCUT2D eigenvalue weighted by atomic mass is 16.5. The number of hydrogen-bond acceptors (Lipinski definition) is 4. The molecule has 1 aromatic carbocycles. The average molecular weight is 259 g/mol. The van der Waals surface area contributed by atoms with E-state index in [1.165, 1.54) is 0 Å². The van der Waals surface area contributed by atoms with Crippen molar-refractivity contribution in [2.75, 3.05) is 31.6 Å². The van der Waals surface area contributed by atoms with Gasteiger partial charge in [0.15, 0.2) is 0 Å². The van der Waals surface area contributed by atoms with E-state index in [1.54, 1.807) is 7.11 Å². The van der Waals surface area contributed by atoms with Gasteiger partial charge in [-0.05, 0) is 30.7 Å². The van der Waals surface area contributed by atoms with Crippen molar-refractivity contribution in [3.8, 4) is 6.07 Å². The van der Waals surface area contributed by atoms with Gasteiger partial charge in [-0.2, -0.15) is 5.26 Å². The van der Waals surface area contributed by atoms with Gasteiger partial charge in [-0.3, -0.25) is 0 Å². The topological polar surface area (TPSA) is 48.3 Å². The molecule has 1 N–H and O–H groups in total. The van der Waals surface area contributed by atoms with Crippen LogP contribution in [0.1, 0.15) is 24.5 Å². The standard InChI is InChI=1S/C15H21N3O/c1-3-17-10-12-4-5-15(13(8-12)9-16)18-7-6-14(11-18)19-2/h4-5,8,14,17H,3,6-7,10-11H2,1-2H3. The number of rotatable bonds is 5. The van der Waals surface area contributed by atoms with Crippen LogP contribution in [0.3, 0.4) is 0 Å². The van der Waals surface area contributed by atoms with Gasteiger partial charge in [-0.1, -0.05) is 13.0 Å². The van der Waals surface area contributed by atoms with Gasteiger partial charge >= 0.3 is 0 Å². The molecule has 0 radical (unpaired) electrons. The molecule has 1 saturated heterocycles. The zero-order chi connectivity index (χ0) is 13.7. The first-order valence-electron chi connectivity index (χ1n) is 6.80. The Morgan fingerprint density at radius 1 is 1.53 bits per heavy atom. The minimum absolute atomic E-state index is 0.285. The Labute approximate surface area is 115 Å². The number of ether oxygens (including phenoxy) is 1. The lowest BCUT2D eigenvalue weighted by atomic mass is 10.1. The highest BCUT2D eigenvalue weighted by Crippen LogP contribution is 2.26. The highest BCUT2D eigenvalue weighted by Gasteiger charge is 2.23. The quantitative estimate of drug-likeness (QED) is 0.877. The maximum Gasteiger partial charge on any atom is 0.101 e. The average Bonchev–Trinajstić information content (AvgIpc) is 2.93. The van der Waals surface area contributed by atoms with Gasteiger partial charge in [-0.15, -0.1) is 0 Å². The van der Waals surface area contributed by atoms with Gasteiger partial charge in [-0.25, -0.2) is 0 Å². The number of benzene rings is 1. The van der Waals surface area contributed by atoms with E-state index in [1.807, 2.05) is 6.07 Å². The van der Waals surface area contributed by atoms with E-state index in [0.717, 1.165) is 49.4 Å². The summed E-state index contributed by atoms with van der Waals surface area (Å²) in [4.78, 5) is 2.24. The second kappa shape index (κ2) is 6.55. The largest absolute Gasteiger partial charge is 0.380 e. The number of nitriles is 1. The van der Waals surface area contributed by atoms with E-state index in [9.17, 15) is 5.26 Å². The predicted molar refractivity (Wildman–Crippen MR) is 76.2 cm³/mol. The molecular formula is C15H21N3O. The molecule has 1 heterocycles. The number of methoxy groups -OCH3 is 1. The van der Waals surface area contributed by atoms with Crippen LogP contribution in [0.4, 0.5) is 5.69 Å². The molecule has 0 aliphatic carbocycles. The van der Waals surface area contributed by atoms with Crippen molar-refractivity contribution in [2.24, 2.45) is 0 Å². The van der Waals surface area contributed by atoms with Gasteiger partial charge in [0.2, 0.25) is 0 Å². The van der Waals surface area contributed by atoms with Crippen LogP contribution in [-0.4, -0.2) is 32.8 Å². The summed E-state index contributed by atoms with van der Waals surface area (Å²) in [5, 5.41) is 12.6. The van der Waals surface area contributed by atoms with Crippen molar-refractivity contribution < 1.29 is 4.74 Å². The fourth-order valence-corrected chi connectivity index (χ4v) is 2.47. The van der Waals surface area contributed by atoms with Crippen LogP contribution >= 0.6 is 0 Å². The van der Waals surface area contributed by atoms with Crippen LogP contribution in [-0.2, 0) is 11.3 Å². The molecule has 0 saturated carbocycles. The molecule has 1 atom stereocenters. The maximum atomic E-state index is 9.32. The highest BCUT2D eigenvalue weighted by molar-refractivity contribution is 5.61. The number of nitrogens with zero attached hydrogens (tertiary/aromatic N) is 2. The van der Waals surface area contributed by atoms with Crippen molar-refractivity contribution >= 4 is 5.69 Å². The van der Waals surface area contributed by atoms with Gasteiger partial charge in [0, 0.05) is 26.7 Å². The molecule has 2 rings (SSSR count). The van der Waals surface area contributed by atoms with Crippen molar-refractivity contribution in [3.05, 3.63) is 29.3 Å². The van der Waals surface area contributed by atoms with E-state index < -0.39 is 0 Å². The molecule has 0 amide bonds. The molecule has 1 unspecified atom stereocenters. The Morgan fingerprint density at radius 3 is 3.00 bits per heavy atom. The van der Waals surface area contributed by atoms with Crippen LogP contribution in [0.2, 0.25) is 0 Å². The zero-order valence-electron chi connectivity index (χ0n) is 11.6. The lowest BCUT2D eigenvalue weighted by Gasteiger charge is -2.20. The van der Waals surface area contributed by atoms with Gasteiger partial charge < -0.3 is 15.0 Å². The summed E-state index contributed by atoms with van der Waals surface area (Å²) < 4.78 is 5.38. The Bertz CT molecular complexity index is 467. The molecule has 1 fully saturated rings. The third kappa shape index (κ3) is 3.25. The summed E-state index contributed by atoms with van der Waals surface area (Å²) in [6.45, 7) is 5.66. The number of hydrogen-bond donors (Lipinski definition) is 1. The van der Waals surface area contributed by atoms with E-state index in [2.05, 4.69) is 35.3 Å². The van der Waals surface area contributed by atoms with E-state index in [-0.39, 0.29) is 6.10 Å². The van der Waals surface area contributed by atoms with Crippen LogP contribution < -0.4 is 10.2 Å². The summed E-state index contributed by atoms with van der Waals surface area (Å²) in [5.41, 5.74) is 2.94. The number of nitrogens with one attached hydrogen (secondary N) is 1. The summed E-state index contributed by atoms with van der Waals surface area (Å²) in [5.74, 6) is 0. The fourth-order valence-electron chi connectivity index (χ4n) is 2.47. The summed E-state index contributed by atoms with van der Waals surface area (Å²) in [6.07, 6.45) is 1.31. The molecule has 0 aromatic heterocycles. The molecule has 0 bridgehead atoms. The van der Waals surface area contributed by atoms with Crippen LogP contribution in [0.5, 0.6) is 0 Å². The molecular weight excluding hydrogens is 238 g/mol. The monoisotopic (exact) mass is 259 g/mol. The second-order valence-electron chi connectivity index (χ2n) is 4.84. The SMILES string of the molecule is CCNCc1ccc(N2CCC(OC)C2)c(C#N)c1. The first-order valence-corrected chi connectivity index (χ1v) is 6.80. The van der Waals surface area contributed by atoms with Crippen molar-refractivity contribution in [1.29, 1.82) is 5.26 Å². The number of anilines is 1. The molecule has 4 nitrogen and oxygen atoms in total. The normalized spacial score (nSPS) is 18.6. The van der Waals surface area contributed by atoms with Crippen LogP contribution in [0, 0.1) is 11.3 Å². The van der Waals surface area contributed by atoms with Crippen LogP contribution in [0.25, 0.3) is 0 Å². The lowest BCUT2D eigenvalue weighted by molar-refractivity contribution is 0.121. The Hall–Kier alpha value is -1.57. The van der Waals surface area contributed by atoms with Crippen LogP contribution in [0.15, 0.2) is 18.2 Å². The fraction of sp³-hybridized carbons (Fsp3) is 0.533. The van der Waals surface area contributed by atoms with E-state index in [0.29, 0.717) is 0 Å². The third-order valence-electron chi connectivity index (χ3n) is 3.58. The lowest BCUT2D eigenvalue weighted by Crippen LogP contribution is -2.23. The molecule has 102 valence electrons. The zero-order valence-corrected chi connectivity index (χ0v) is 11.6. The Kier molecular flexibility index (Phi) is 4.78. The summed E-state index contributed by atoms with van der Waals surface area (Å²) in [6, 6.07) is 8.45. The van der Waals surface area contributed by atoms with Crippen molar-refractivity contribution in [3.63, 3.8) is 0 Å². The summed E-state index contributed by atoms with van der Waals surface area (Å²) >= 11 is 0. The summed E-state index contributed by atoms with van der Waals surface area (Å²) in [7, 11) is 1.75. The maximum absolute atomic E-state index is 9.32. The van der Waals surface area contributed by atoms with Crippen molar-refractivity contribution in [1.82, 2.24) is 5.32 Å². The van der Waals surface area contributed by atoms with Gasteiger partial charge in [0.1, 0.15) is 6.07 Å². The minimum Gasteiger partial charge on any atom is -0.380 e. The van der Waals surface area contributed by atoms with Gasteiger partial charge in [0.05, 0.1) is 17.4 Å². The smallest absolute Gasteiger partial charge is 0.101 e. The van der Waals surface area contributed by atoms with Gasteiger partial charge in [0.25, 0.3) is 0 Å². The molecule has 0 spiro atoms. The molecule has 1 aliphatic heterocycles. The first-order chi connectivity index (χ1) is 9.28. The van der Waals surface area contributed by atoms with Crippen molar-refractivity contribution in [2.45, 2.75) is 26.0 Å². The molecule has 1 aliphatic rings. The molecule has 1 aromatic rings. The Balaban J connectivity index is 2.15. The first kappa shape index (κ1) is 13.9. The minimum atomic E-state index is 0.285. The second-order valence-corrected chi connectivity index (χ2v) is 4.84. The Morgan fingerprint density at radius 2 is 2.37 bits per heavy atom. The predicted octanol–water partition coefficient (Wildman–Crippen LogP) is 1.89. The molecule has 19 heavy (non-hydrogen) atoms. The third-order valence-corrected chi connectivity index (χ3v) is 3.58. The van der Waals surface area contributed by atoms with E-state index in [4.69, 9.17) is 4.74 Å². The van der Waals surface area contributed by atoms with E-state index >= 15 is 0 Å². The molecule has 4 heteroatoms.